The van der Waals surface area contributed by atoms with Crippen LogP contribution in [0.15, 0.2) is 12.3 Å². The van der Waals surface area contributed by atoms with Crippen LogP contribution >= 0.6 is 0 Å². The smallest absolute Gasteiger partial charge is 0.218 e. The second-order valence-corrected chi connectivity index (χ2v) is 5.35. The Morgan fingerprint density at radius 1 is 1.50 bits per heavy atom. The Morgan fingerprint density at radius 2 is 2.30 bits per heavy atom. The van der Waals surface area contributed by atoms with Gasteiger partial charge >= 0.3 is 0 Å². The summed E-state index contributed by atoms with van der Waals surface area (Å²) in [6, 6.07) is 2.22. The Hall–Kier alpha value is -1.20. The Bertz CT molecular complexity index is 424. The third kappa shape index (κ3) is 4.72. The standard InChI is InChI=1S/C15H24FN3O/c1-3-6-17-10-12-9-13(16)11-18-15(12)20-8-7-19(2)14-4-5-14/h9,11,14,17H,3-8,10H2,1-2H3. The van der Waals surface area contributed by atoms with Crippen LogP contribution in [0.25, 0.3) is 0 Å². The number of nitrogens with zero attached hydrogens (tertiary/aromatic N) is 2. The fourth-order valence-corrected chi connectivity index (χ4v) is 2.11. The summed E-state index contributed by atoms with van der Waals surface area (Å²) < 4.78 is 19.0. The quantitative estimate of drug-likeness (QED) is 0.704. The van der Waals surface area contributed by atoms with Gasteiger partial charge in [0.1, 0.15) is 12.4 Å². The summed E-state index contributed by atoms with van der Waals surface area (Å²) in [6.45, 7) is 5.06. The Kier molecular flexibility index (Phi) is 5.73. The summed E-state index contributed by atoms with van der Waals surface area (Å²) in [4.78, 5) is 6.36. The lowest BCUT2D eigenvalue weighted by atomic mass is 10.2. The molecular weight excluding hydrogens is 257 g/mol. The van der Waals surface area contributed by atoms with Gasteiger partial charge < -0.3 is 15.0 Å². The molecule has 1 N–H and O–H groups in total. The molecule has 1 aliphatic rings. The zero-order valence-corrected chi connectivity index (χ0v) is 12.4. The number of nitrogens with one attached hydrogen (secondary N) is 1. The summed E-state index contributed by atoms with van der Waals surface area (Å²) >= 11 is 0. The molecule has 4 nitrogen and oxygen atoms in total. The molecule has 1 aliphatic carbocycles. The van der Waals surface area contributed by atoms with E-state index in [1.807, 2.05) is 0 Å². The highest BCUT2D eigenvalue weighted by Gasteiger charge is 2.25. The number of rotatable bonds is 9. The molecule has 0 atom stereocenters. The van der Waals surface area contributed by atoms with E-state index in [4.69, 9.17) is 4.74 Å². The lowest BCUT2D eigenvalue weighted by Gasteiger charge is -2.16. The minimum atomic E-state index is -0.319. The van der Waals surface area contributed by atoms with E-state index in [-0.39, 0.29) is 5.82 Å². The molecule has 20 heavy (non-hydrogen) atoms. The molecule has 0 bridgehead atoms. The maximum atomic E-state index is 13.3. The van der Waals surface area contributed by atoms with Crippen LogP contribution in [-0.4, -0.2) is 42.7 Å². The van der Waals surface area contributed by atoms with Gasteiger partial charge in [-0.1, -0.05) is 6.92 Å². The molecule has 1 fully saturated rings. The van der Waals surface area contributed by atoms with Gasteiger partial charge in [0, 0.05) is 24.7 Å². The fraction of sp³-hybridized carbons (Fsp3) is 0.667. The molecule has 0 spiro atoms. The van der Waals surface area contributed by atoms with E-state index in [0.29, 0.717) is 19.0 Å². The van der Waals surface area contributed by atoms with Crippen molar-refractivity contribution in [1.82, 2.24) is 15.2 Å². The van der Waals surface area contributed by atoms with Gasteiger partial charge in [0.05, 0.1) is 6.20 Å². The predicted octanol–water partition coefficient (Wildman–Crippen LogP) is 2.19. The first-order valence-corrected chi connectivity index (χ1v) is 7.39. The minimum Gasteiger partial charge on any atom is -0.476 e. The maximum absolute atomic E-state index is 13.3. The molecule has 1 aromatic heterocycles. The summed E-state index contributed by atoms with van der Waals surface area (Å²) in [5.41, 5.74) is 0.785. The van der Waals surface area contributed by atoms with Crippen molar-refractivity contribution in [3.05, 3.63) is 23.6 Å². The van der Waals surface area contributed by atoms with Crippen molar-refractivity contribution >= 4 is 0 Å². The third-order valence-electron chi connectivity index (χ3n) is 3.49. The number of pyridine rings is 1. The Morgan fingerprint density at radius 3 is 3.00 bits per heavy atom. The summed E-state index contributed by atoms with van der Waals surface area (Å²) in [5.74, 6) is 0.222. The molecule has 0 unspecified atom stereocenters. The van der Waals surface area contributed by atoms with E-state index in [9.17, 15) is 4.39 Å². The van der Waals surface area contributed by atoms with E-state index >= 15 is 0 Å². The van der Waals surface area contributed by atoms with Crippen LogP contribution in [0, 0.1) is 5.82 Å². The lowest BCUT2D eigenvalue weighted by Crippen LogP contribution is -2.26. The average molecular weight is 281 g/mol. The van der Waals surface area contributed by atoms with Gasteiger partial charge in [-0.15, -0.1) is 0 Å². The Balaban J connectivity index is 1.84. The molecule has 2 rings (SSSR count). The van der Waals surface area contributed by atoms with Gasteiger partial charge in [-0.25, -0.2) is 9.37 Å². The molecule has 1 heterocycles. The zero-order chi connectivity index (χ0) is 14.4. The second kappa shape index (κ2) is 7.55. The molecule has 5 heteroatoms. The highest BCUT2D eigenvalue weighted by atomic mass is 19.1. The predicted molar refractivity (Wildman–Crippen MR) is 77.3 cm³/mol. The van der Waals surface area contributed by atoms with Gasteiger partial charge in [0.25, 0.3) is 0 Å². The Labute approximate surface area is 120 Å². The largest absolute Gasteiger partial charge is 0.476 e. The molecule has 0 saturated heterocycles. The minimum absolute atomic E-state index is 0.319. The first-order valence-electron chi connectivity index (χ1n) is 7.39. The van der Waals surface area contributed by atoms with Crippen LogP contribution in [0.2, 0.25) is 0 Å². The number of hydrogen-bond acceptors (Lipinski definition) is 4. The van der Waals surface area contributed by atoms with Crippen molar-refractivity contribution in [2.45, 2.75) is 38.8 Å². The van der Waals surface area contributed by atoms with E-state index in [1.54, 1.807) is 0 Å². The van der Waals surface area contributed by atoms with Crippen LogP contribution in [0.5, 0.6) is 5.88 Å². The van der Waals surface area contributed by atoms with Crippen LogP contribution < -0.4 is 10.1 Å². The van der Waals surface area contributed by atoms with Crippen molar-refractivity contribution in [2.24, 2.45) is 0 Å². The van der Waals surface area contributed by atoms with Crippen molar-refractivity contribution in [1.29, 1.82) is 0 Å². The highest BCUT2D eigenvalue weighted by molar-refractivity contribution is 5.26. The van der Waals surface area contributed by atoms with Gasteiger partial charge in [-0.05, 0) is 38.9 Å². The summed E-state index contributed by atoms with van der Waals surface area (Å²) in [6.07, 6.45) is 4.84. The van der Waals surface area contributed by atoms with E-state index in [2.05, 4.69) is 29.2 Å². The van der Waals surface area contributed by atoms with Crippen molar-refractivity contribution < 1.29 is 9.13 Å². The van der Waals surface area contributed by atoms with Crippen molar-refractivity contribution in [3.63, 3.8) is 0 Å². The van der Waals surface area contributed by atoms with Crippen LogP contribution in [0.3, 0.4) is 0 Å². The number of hydrogen-bond donors (Lipinski definition) is 1. The first-order chi connectivity index (χ1) is 9.70. The molecule has 0 aliphatic heterocycles. The SMILES string of the molecule is CCCNCc1cc(F)cnc1OCCN(C)C1CC1. The van der Waals surface area contributed by atoms with E-state index in [1.165, 1.54) is 25.1 Å². The van der Waals surface area contributed by atoms with Gasteiger partial charge in [-0.3, -0.25) is 0 Å². The first kappa shape index (κ1) is 15.2. The number of ether oxygens (including phenoxy) is 1. The molecule has 0 radical (unpaired) electrons. The van der Waals surface area contributed by atoms with E-state index in [0.717, 1.165) is 31.1 Å². The third-order valence-corrected chi connectivity index (χ3v) is 3.49. The van der Waals surface area contributed by atoms with Crippen molar-refractivity contribution in [2.75, 3.05) is 26.7 Å². The van der Waals surface area contributed by atoms with Crippen LogP contribution in [-0.2, 0) is 6.54 Å². The van der Waals surface area contributed by atoms with Gasteiger partial charge in [0.2, 0.25) is 5.88 Å². The number of halogens is 1. The maximum Gasteiger partial charge on any atom is 0.218 e. The number of likely N-dealkylation sites (N-methyl/N-ethyl adjacent to an activating group) is 1. The zero-order valence-electron chi connectivity index (χ0n) is 12.4. The van der Waals surface area contributed by atoms with Gasteiger partial charge in [-0.2, -0.15) is 0 Å². The molecular formula is C15H24FN3O. The second-order valence-electron chi connectivity index (χ2n) is 5.35. The lowest BCUT2D eigenvalue weighted by molar-refractivity contribution is 0.224. The molecule has 0 aromatic carbocycles. The van der Waals surface area contributed by atoms with Crippen LogP contribution in [0.1, 0.15) is 31.7 Å². The summed E-state index contributed by atoms with van der Waals surface area (Å²) in [5, 5.41) is 3.25. The molecule has 112 valence electrons. The van der Waals surface area contributed by atoms with Crippen LogP contribution in [0.4, 0.5) is 4.39 Å². The molecule has 1 saturated carbocycles. The van der Waals surface area contributed by atoms with Gasteiger partial charge in [0.15, 0.2) is 0 Å². The average Bonchev–Trinajstić information content (AvgIpc) is 3.25. The van der Waals surface area contributed by atoms with E-state index < -0.39 is 0 Å². The molecule has 0 amide bonds. The monoisotopic (exact) mass is 281 g/mol. The highest BCUT2D eigenvalue weighted by Crippen LogP contribution is 2.25. The topological polar surface area (TPSA) is 37.4 Å². The molecule has 1 aromatic rings. The normalized spacial score (nSPS) is 14.8. The fourth-order valence-electron chi connectivity index (χ4n) is 2.11. The van der Waals surface area contributed by atoms with Crippen molar-refractivity contribution in [3.8, 4) is 5.88 Å². The summed E-state index contributed by atoms with van der Waals surface area (Å²) in [7, 11) is 2.11. The number of aromatic nitrogens is 1.